The van der Waals surface area contributed by atoms with Crippen molar-refractivity contribution in [2.24, 2.45) is 0 Å². The molecule has 3 heteroatoms. The Balaban J connectivity index is 0.00000176. The van der Waals surface area contributed by atoms with E-state index in [1.165, 1.54) is 28.4 Å². The molecule has 0 saturated carbocycles. The SMILES string of the molecule is C[C-](C)c1ccccc1N1C=C(c2ccccc2)N(C)C1.[Y]. The predicted octanol–water partition coefficient (Wildman–Crippen LogP) is 4.35. The fraction of sp³-hybridized carbons (Fsp3) is 0.211. The molecule has 1 heterocycles. The number of rotatable bonds is 3. The Labute approximate surface area is 158 Å². The third-order valence-corrected chi connectivity index (χ3v) is 3.88. The van der Waals surface area contributed by atoms with Crippen LogP contribution in [0.15, 0.2) is 60.8 Å². The van der Waals surface area contributed by atoms with Crippen molar-refractivity contribution in [3.05, 3.63) is 77.8 Å². The molecule has 22 heavy (non-hydrogen) atoms. The van der Waals surface area contributed by atoms with E-state index in [1.807, 2.05) is 0 Å². The standard InChI is InChI=1S/C19H21N2.Y/c1-15(2)17-11-7-8-12-18(17)21-13-19(20(3)14-21)16-9-5-4-6-10-16;/h4-13H,14H2,1-3H3;/q-1;. The minimum atomic E-state index is 0. The van der Waals surface area contributed by atoms with Gasteiger partial charge < -0.3 is 9.80 Å². The maximum Gasteiger partial charge on any atom is 0.0833 e. The van der Waals surface area contributed by atoms with Crippen LogP contribution in [-0.2, 0) is 32.7 Å². The molecule has 0 unspecified atom stereocenters. The second-order valence-electron chi connectivity index (χ2n) is 5.71. The molecule has 2 aromatic carbocycles. The summed E-state index contributed by atoms with van der Waals surface area (Å²) in [6.07, 6.45) is 2.25. The van der Waals surface area contributed by atoms with Crippen molar-refractivity contribution >= 4 is 11.4 Å². The quantitative estimate of drug-likeness (QED) is 0.745. The van der Waals surface area contributed by atoms with Gasteiger partial charge in [0, 0.05) is 46.0 Å². The van der Waals surface area contributed by atoms with Gasteiger partial charge in [-0.3, -0.25) is 0 Å². The van der Waals surface area contributed by atoms with Crippen LogP contribution in [0.4, 0.5) is 5.69 Å². The minimum Gasteiger partial charge on any atom is -0.382 e. The average molecular weight is 366 g/mol. The van der Waals surface area contributed by atoms with E-state index in [4.69, 9.17) is 0 Å². The van der Waals surface area contributed by atoms with Crippen molar-refractivity contribution in [2.75, 3.05) is 18.6 Å². The zero-order chi connectivity index (χ0) is 14.8. The maximum atomic E-state index is 2.32. The van der Waals surface area contributed by atoms with Gasteiger partial charge in [0.1, 0.15) is 0 Å². The van der Waals surface area contributed by atoms with Gasteiger partial charge in [0.25, 0.3) is 0 Å². The van der Waals surface area contributed by atoms with Crippen LogP contribution in [0.1, 0.15) is 25.0 Å². The van der Waals surface area contributed by atoms with Gasteiger partial charge in [0.15, 0.2) is 0 Å². The first kappa shape index (κ1) is 17.1. The first-order chi connectivity index (χ1) is 10.2. The second-order valence-corrected chi connectivity index (χ2v) is 5.71. The van der Waals surface area contributed by atoms with E-state index in [0.717, 1.165) is 6.67 Å². The Morgan fingerprint density at radius 1 is 0.909 bits per heavy atom. The van der Waals surface area contributed by atoms with Gasteiger partial charge in [0.05, 0.1) is 12.4 Å². The summed E-state index contributed by atoms with van der Waals surface area (Å²) >= 11 is 0. The van der Waals surface area contributed by atoms with Crippen molar-refractivity contribution in [1.82, 2.24) is 4.90 Å². The number of hydrogen-bond donors (Lipinski definition) is 0. The van der Waals surface area contributed by atoms with Crippen LogP contribution in [-0.4, -0.2) is 18.6 Å². The third-order valence-electron chi connectivity index (χ3n) is 3.88. The van der Waals surface area contributed by atoms with Crippen LogP contribution in [0, 0.1) is 5.92 Å². The molecule has 0 spiro atoms. The first-order valence-corrected chi connectivity index (χ1v) is 7.31. The number of benzene rings is 2. The summed E-state index contributed by atoms with van der Waals surface area (Å²) < 4.78 is 0. The zero-order valence-electron chi connectivity index (χ0n) is 13.5. The van der Waals surface area contributed by atoms with Gasteiger partial charge in [-0.1, -0.05) is 62.0 Å². The summed E-state index contributed by atoms with van der Waals surface area (Å²) in [5, 5.41) is 0. The molecule has 1 aliphatic rings. The third kappa shape index (κ3) is 3.39. The first-order valence-electron chi connectivity index (χ1n) is 7.31. The molecule has 3 rings (SSSR count). The molecule has 0 N–H and O–H groups in total. The number of anilines is 1. The van der Waals surface area contributed by atoms with E-state index in [0.29, 0.717) is 0 Å². The number of para-hydroxylation sites is 1. The fourth-order valence-corrected chi connectivity index (χ4v) is 2.79. The van der Waals surface area contributed by atoms with Crippen LogP contribution < -0.4 is 4.90 Å². The normalized spacial score (nSPS) is 13.7. The minimum absolute atomic E-state index is 0. The Morgan fingerprint density at radius 3 is 2.23 bits per heavy atom. The van der Waals surface area contributed by atoms with E-state index in [1.54, 1.807) is 0 Å². The second kappa shape index (κ2) is 7.35. The molecule has 0 atom stereocenters. The molecule has 0 saturated heterocycles. The van der Waals surface area contributed by atoms with E-state index < -0.39 is 0 Å². The molecular formula is C19H21N2Y-. The number of nitrogens with zero attached hydrogens (tertiary/aromatic N) is 2. The summed E-state index contributed by atoms with van der Waals surface area (Å²) in [5.41, 5.74) is 5.11. The summed E-state index contributed by atoms with van der Waals surface area (Å²) in [5.74, 6) is 1.34. The maximum absolute atomic E-state index is 2.32. The van der Waals surface area contributed by atoms with Gasteiger partial charge in [-0.15, -0.1) is 6.07 Å². The zero-order valence-corrected chi connectivity index (χ0v) is 16.3. The number of hydrogen-bond acceptors (Lipinski definition) is 2. The Hall–Kier alpha value is -1.25. The fourth-order valence-electron chi connectivity index (χ4n) is 2.79. The average Bonchev–Trinajstić information content (AvgIpc) is 2.90. The Morgan fingerprint density at radius 2 is 1.55 bits per heavy atom. The van der Waals surface area contributed by atoms with Crippen molar-refractivity contribution in [3.8, 4) is 0 Å². The van der Waals surface area contributed by atoms with E-state index in [-0.39, 0.29) is 32.7 Å². The smallest absolute Gasteiger partial charge is 0.0833 e. The van der Waals surface area contributed by atoms with Gasteiger partial charge >= 0.3 is 0 Å². The van der Waals surface area contributed by atoms with Crippen molar-refractivity contribution in [3.63, 3.8) is 0 Å². The topological polar surface area (TPSA) is 6.48 Å². The molecule has 0 bridgehead atoms. The van der Waals surface area contributed by atoms with Crippen molar-refractivity contribution in [2.45, 2.75) is 13.8 Å². The van der Waals surface area contributed by atoms with Crippen molar-refractivity contribution < 1.29 is 32.7 Å². The summed E-state index contributed by atoms with van der Waals surface area (Å²) in [7, 11) is 2.14. The molecule has 111 valence electrons. The van der Waals surface area contributed by atoms with Gasteiger partial charge in [-0.25, -0.2) is 0 Å². The molecule has 2 aromatic rings. The summed E-state index contributed by atoms with van der Waals surface area (Å²) in [6.45, 7) is 5.22. The van der Waals surface area contributed by atoms with Crippen LogP contribution in [0.3, 0.4) is 0 Å². The van der Waals surface area contributed by atoms with Gasteiger partial charge in [0.2, 0.25) is 0 Å². The molecule has 1 radical (unpaired) electrons. The molecular weight excluding hydrogens is 345 g/mol. The Bertz CT molecular complexity index is 649. The molecule has 2 nitrogen and oxygen atoms in total. The summed E-state index contributed by atoms with van der Waals surface area (Å²) in [6, 6.07) is 19.2. The van der Waals surface area contributed by atoms with Crippen LogP contribution in [0.25, 0.3) is 5.70 Å². The van der Waals surface area contributed by atoms with E-state index in [2.05, 4.69) is 91.5 Å². The van der Waals surface area contributed by atoms with Crippen LogP contribution in [0.5, 0.6) is 0 Å². The largest absolute Gasteiger partial charge is 0.382 e. The van der Waals surface area contributed by atoms with Gasteiger partial charge in [-0.2, -0.15) is 17.5 Å². The molecule has 0 aliphatic carbocycles. The summed E-state index contributed by atoms with van der Waals surface area (Å²) in [4.78, 5) is 4.61. The molecule has 1 aliphatic heterocycles. The molecule has 0 amide bonds. The molecule has 0 fully saturated rings. The van der Waals surface area contributed by atoms with Crippen molar-refractivity contribution in [1.29, 1.82) is 0 Å². The van der Waals surface area contributed by atoms with Crippen LogP contribution in [0.2, 0.25) is 0 Å². The Kier molecular flexibility index (Phi) is 5.71. The predicted molar refractivity (Wildman–Crippen MR) is 89.7 cm³/mol. The molecule has 0 aromatic heterocycles. The van der Waals surface area contributed by atoms with E-state index >= 15 is 0 Å². The van der Waals surface area contributed by atoms with Gasteiger partial charge in [-0.05, 0) is 5.56 Å². The van der Waals surface area contributed by atoms with Crippen LogP contribution >= 0.6 is 0 Å². The van der Waals surface area contributed by atoms with E-state index in [9.17, 15) is 0 Å². The monoisotopic (exact) mass is 366 g/mol.